The Morgan fingerprint density at radius 2 is 2.58 bits per heavy atom. The molecule has 2 rings (SSSR count). The van der Waals surface area contributed by atoms with Gasteiger partial charge in [-0.1, -0.05) is 0 Å². The van der Waals surface area contributed by atoms with Crippen LogP contribution in [0.2, 0.25) is 0 Å². The normalized spacial score (nSPS) is 29.5. The van der Waals surface area contributed by atoms with Gasteiger partial charge < -0.3 is 10.5 Å². The van der Waals surface area contributed by atoms with Gasteiger partial charge in [-0.3, -0.25) is 0 Å². The van der Waals surface area contributed by atoms with Crippen molar-refractivity contribution in [2.45, 2.75) is 18.9 Å². The van der Waals surface area contributed by atoms with Crippen molar-refractivity contribution in [3.8, 4) is 0 Å². The molecular formula is C8H12N2OS. The molecule has 0 saturated carbocycles. The molecule has 1 saturated heterocycles. The highest BCUT2D eigenvalue weighted by atomic mass is 32.1. The molecular weight excluding hydrogens is 172 g/mol. The van der Waals surface area contributed by atoms with E-state index in [0.717, 1.165) is 23.7 Å². The molecule has 4 heteroatoms. The molecule has 1 aromatic heterocycles. The van der Waals surface area contributed by atoms with Crippen LogP contribution in [0.15, 0.2) is 5.38 Å². The summed E-state index contributed by atoms with van der Waals surface area (Å²) in [5, 5.41) is 3.04. The Bertz CT molecular complexity index is 278. The van der Waals surface area contributed by atoms with Gasteiger partial charge in [0.1, 0.15) is 5.01 Å². The van der Waals surface area contributed by atoms with Crippen molar-refractivity contribution in [2.24, 2.45) is 5.73 Å². The minimum atomic E-state index is -0.307. The molecule has 2 N–H and O–H groups in total. The molecule has 3 nitrogen and oxygen atoms in total. The second-order valence-corrected chi connectivity index (χ2v) is 4.11. The Labute approximate surface area is 75.6 Å². The summed E-state index contributed by atoms with van der Waals surface area (Å²) in [6, 6.07) is 0. The highest BCUT2D eigenvalue weighted by molar-refractivity contribution is 7.09. The first-order valence-electron chi connectivity index (χ1n) is 4.00. The van der Waals surface area contributed by atoms with E-state index in [-0.39, 0.29) is 5.54 Å². The topological polar surface area (TPSA) is 48.1 Å². The zero-order chi connectivity index (χ0) is 8.60. The average Bonchev–Trinajstić information content (AvgIpc) is 2.59. The smallest absolute Gasteiger partial charge is 0.115 e. The lowest BCUT2D eigenvalue weighted by molar-refractivity contribution is 0.178. The van der Waals surface area contributed by atoms with Crippen LogP contribution in [-0.4, -0.2) is 18.2 Å². The SMILES string of the molecule is Cc1csc(C2(N)CCOC2)n1. The Morgan fingerprint density at radius 3 is 3.08 bits per heavy atom. The molecule has 1 fully saturated rings. The third kappa shape index (κ3) is 1.26. The van der Waals surface area contributed by atoms with Gasteiger partial charge in [0.2, 0.25) is 0 Å². The maximum Gasteiger partial charge on any atom is 0.115 e. The van der Waals surface area contributed by atoms with Gasteiger partial charge in [0.05, 0.1) is 12.1 Å². The molecule has 12 heavy (non-hydrogen) atoms. The summed E-state index contributed by atoms with van der Waals surface area (Å²) in [6.45, 7) is 3.36. The first-order valence-corrected chi connectivity index (χ1v) is 4.88. The molecule has 2 heterocycles. The van der Waals surface area contributed by atoms with Crippen LogP contribution in [0.25, 0.3) is 0 Å². The number of ether oxygens (including phenoxy) is 1. The molecule has 0 aromatic carbocycles. The van der Waals surface area contributed by atoms with Gasteiger partial charge >= 0.3 is 0 Å². The minimum absolute atomic E-state index is 0.307. The van der Waals surface area contributed by atoms with E-state index in [4.69, 9.17) is 10.5 Å². The lowest BCUT2D eigenvalue weighted by atomic mass is 10.0. The van der Waals surface area contributed by atoms with Crippen LogP contribution >= 0.6 is 11.3 Å². The van der Waals surface area contributed by atoms with Crippen LogP contribution < -0.4 is 5.73 Å². The molecule has 66 valence electrons. The van der Waals surface area contributed by atoms with Crippen molar-refractivity contribution in [3.05, 3.63) is 16.1 Å². The van der Waals surface area contributed by atoms with Gasteiger partial charge in [-0.15, -0.1) is 11.3 Å². The number of thiazole rings is 1. The van der Waals surface area contributed by atoms with E-state index < -0.39 is 0 Å². The minimum Gasteiger partial charge on any atom is -0.379 e. The van der Waals surface area contributed by atoms with Crippen molar-refractivity contribution >= 4 is 11.3 Å². The Morgan fingerprint density at radius 1 is 1.75 bits per heavy atom. The van der Waals surface area contributed by atoms with Crippen LogP contribution in [0, 0.1) is 6.92 Å². The fourth-order valence-corrected chi connectivity index (χ4v) is 2.26. The van der Waals surface area contributed by atoms with E-state index in [1.165, 1.54) is 0 Å². The van der Waals surface area contributed by atoms with Gasteiger partial charge in [-0.25, -0.2) is 4.98 Å². The largest absolute Gasteiger partial charge is 0.379 e. The molecule has 0 amide bonds. The quantitative estimate of drug-likeness (QED) is 0.709. The Balaban J connectivity index is 2.28. The van der Waals surface area contributed by atoms with Gasteiger partial charge in [-0.05, 0) is 13.3 Å². The van der Waals surface area contributed by atoms with Crippen molar-refractivity contribution in [1.29, 1.82) is 0 Å². The molecule has 1 aromatic rings. The third-order valence-corrected chi connectivity index (χ3v) is 3.28. The second-order valence-electron chi connectivity index (χ2n) is 3.25. The standard InChI is InChI=1S/C8H12N2OS/c1-6-4-12-7(10-6)8(9)2-3-11-5-8/h4H,2-3,5,9H2,1H3. The van der Waals surface area contributed by atoms with Crippen LogP contribution in [0.3, 0.4) is 0 Å². The predicted molar refractivity (Wildman–Crippen MR) is 48.2 cm³/mol. The number of hydrogen-bond acceptors (Lipinski definition) is 4. The highest BCUT2D eigenvalue weighted by Gasteiger charge is 2.34. The first kappa shape index (κ1) is 8.16. The average molecular weight is 184 g/mol. The molecule has 1 aliphatic rings. The second kappa shape index (κ2) is 2.80. The number of rotatable bonds is 1. The lowest BCUT2D eigenvalue weighted by Gasteiger charge is -2.17. The number of hydrogen-bond donors (Lipinski definition) is 1. The van der Waals surface area contributed by atoms with Crippen molar-refractivity contribution in [3.63, 3.8) is 0 Å². The molecule has 0 aliphatic carbocycles. The molecule has 1 unspecified atom stereocenters. The van der Waals surface area contributed by atoms with E-state index in [0.29, 0.717) is 6.61 Å². The summed E-state index contributed by atoms with van der Waals surface area (Å²) in [7, 11) is 0. The number of nitrogens with two attached hydrogens (primary N) is 1. The summed E-state index contributed by atoms with van der Waals surface area (Å²) in [6.07, 6.45) is 0.889. The summed E-state index contributed by atoms with van der Waals surface area (Å²) in [4.78, 5) is 4.38. The summed E-state index contributed by atoms with van der Waals surface area (Å²) >= 11 is 1.63. The Kier molecular flexibility index (Phi) is 1.90. The molecule has 1 aliphatic heterocycles. The number of aryl methyl sites for hydroxylation is 1. The number of nitrogens with zero attached hydrogens (tertiary/aromatic N) is 1. The van der Waals surface area contributed by atoms with E-state index >= 15 is 0 Å². The maximum atomic E-state index is 6.12. The monoisotopic (exact) mass is 184 g/mol. The van der Waals surface area contributed by atoms with Gasteiger partial charge in [0.25, 0.3) is 0 Å². The summed E-state index contributed by atoms with van der Waals surface area (Å²) in [5.74, 6) is 0. The molecule has 0 bridgehead atoms. The zero-order valence-corrected chi connectivity index (χ0v) is 7.86. The highest BCUT2D eigenvalue weighted by Crippen LogP contribution is 2.29. The Hall–Kier alpha value is -0.450. The lowest BCUT2D eigenvalue weighted by Crippen LogP contribution is -2.36. The maximum absolute atomic E-state index is 6.12. The summed E-state index contributed by atoms with van der Waals surface area (Å²) in [5.41, 5.74) is 6.86. The fraction of sp³-hybridized carbons (Fsp3) is 0.625. The van der Waals surface area contributed by atoms with Crippen molar-refractivity contribution < 1.29 is 4.74 Å². The molecule has 0 radical (unpaired) electrons. The van der Waals surface area contributed by atoms with E-state index in [1.807, 2.05) is 12.3 Å². The predicted octanol–water partition coefficient (Wildman–Crippen LogP) is 1.03. The van der Waals surface area contributed by atoms with Gasteiger partial charge in [0.15, 0.2) is 0 Å². The third-order valence-electron chi connectivity index (χ3n) is 2.10. The van der Waals surface area contributed by atoms with Crippen molar-refractivity contribution in [2.75, 3.05) is 13.2 Å². The first-order chi connectivity index (χ1) is 5.71. The van der Waals surface area contributed by atoms with Gasteiger partial charge in [-0.2, -0.15) is 0 Å². The van der Waals surface area contributed by atoms with Gasteiger partial charge in [0, 0.05) is 17.7 Å². The van der Waals surface area contributed by atoms with E-state index in [9.17, 15) is 0 Å². The van der Waals surface area contributed by atoms with Crippen LogP contribution in [0.1, 0.15) is 17.1 Å². The molecule has 1 atom stereocenters. The van der Waals surface area contributed by atoms with Crippen LogP contribution in [0.4, 0.5) is 0 Å². The van der Waals surface area contributed by atoms with Crippen LogP contribution in [-0.2, 0) is 10.3 Å². The fourth-order valence-electron chi connectivity index (χ4n) is 1.33. The number of aromatic nitrogens is 1. The van der Waals surface area contributed by atoms with Crippen LogP contribution in [0.5, 0.6) is 0 Å². The molecule has 0 spiro atoms. The van der Waals surface area contributed by atoms with E-state index in [1.54, 1.807) is 11.3 Å². The summed E-state index contributed by atoms with van der Waals surface area (Å²) < 4.78 is 5.27. The van der Waals surface area contributed by atoms with E-state index in [2.05, 4.69) is 4.98 Å². The zero-order valence-electron chi connectivity index (χ0n) is 7.04. The van der Waals surface area contributed by atoms with Crippen molar-refractivity contribution in [1.82, 2.24) is 4.98 Å².